The topological polar surface area (TPSA) is 156 Å². The van der Waals surface area contributed by atoms with E-state index < -0.39 is 11.5 Å². The van der Waals surface area contributed by atoms with Gasteiger partial charge >= 0.3 is 0 Å². The van der Waals surface area contributed by atoms with Crippen molar-refractivity contribution < 1.29 is 23.9 Å². The van der Waals surface area contributed by atoms with Crippen molar-refractivity contribution in [3.05, 3.63) is 52.7 Å². The summed E-state index contributed by atoms with van der Waals surface area (Å²) in [6, 6.07) is 13.1. The predicted octanol–water partition coefficient (Wildman–Crippen LogP) is 5.50. The average molecular weight is 867 g/mol. The van der Waals surface area contributed by atoms with Crippen LogP contribution in [0.1, 0.15) is 89.8 Å². The van der Waals surface area contributed by atoms with Crippen LogP contribution in [0.4, 0.5) is 11.4 Å². The molecule has 0 spiro atoms. The molecule has 3 atom stereocenters. The lowest BCUT2D eigenvalue weighted by Gasteiger charge is -2.44. The molecule has 316 valence electrons. The van der Waals surface area contributed by atoms with Crippen molar-refractivity contribution in [3.8, 4) is 6.07 Å². The number of fused-ring (bicyclic) bond motifs is 1. The summed E-state index contributed by atoms with van der Waals surface area (Å²) in [5, 5.41) is 21.0. The molecule has 3 saturated heterocycles. The van der Waals surface area contributed by atoms with E-state index in [0.29, 0.717) is 45.8 Å². The summed E-state index contributed by atoms with van der Waals surface area (Å²) in [5.74, 6) is -1.34. The number of hydrogen-bond acceptors (Lipinski definition) is 10. The Balaban J connectivity index is 0.00000585. The van der Waals surface area contributed by atoms with Crippen LogP contribution in [0.5, 0.6) is 0 Å². The standard InChI is InChI=1S/C42H52ClN9O5S.ClH/c1-25-22-49(23-26(2)50(25)24-36(54)45-34-9-6-8-31-37(47-48(5)38(31)34)32-16-17-35(53)46-39(32)55)18-7-19-57-30-14-12-28(13-15-30)52-41(58)51(40(56)42(52,3)4)29-11-10-27(21-44)33(43)20-29;/h6,8-11,20,25-26,28,30,32H,7,12-19,22-24H2,1-5H3,(H,45,54)(H,46,53,55);1H/t25-,26+,28?,30?,32?;. The molecule has 1 aromatic heterocycles. The largest absolute Gasteiger partial charge is 0.378 e. The molecule has 0 bridgehead atoms. The fraction of sp³-hybridized carbons (Fsp3) is 0.548. The van der Waals surface area contributed by atoms with Crippen LogP contribution in [-0.4, -0.2) is 116 Å². The molecule has 14 nitrogen and oxygen atoms in total. The van der Waals surface area contributed by atoms with Crippen molar-refractivity contribution in [1.82, 2.24) is 29.8 Å². The molecule has 7 rings (SSSR count). The number of piperazine rings is 1. The van der Waals surface area contributed by atoms with E-state index >= 15 is 0 Å². The molecule has 59 heavy (non-hydrogen) atoms. The molecule has 4 aliphatic rings. The number of nitrogens with zero attached hydrogens (tertiary/aromatic N) is 7. The quantitative estimate of drug-likeness (QED) is 0.143. The zero-order valence-corrected chi connectivity index (χ0v) is 36.6. The number of anilines is 2. The highest BCUT2D eigenvalue weighted by molar-refractivity contribution is 7.80. The van der Waals surface area contributed by atoms with Crippen molar-refractivity contribution in [1.29, 1.82) is 5.26 Å². The van der Waals surface area contributed by atoms with Gasteiger partial charge in [0.1, 0.15) is 11.6 Å². The van der Waals surface area contributed by atoms with Crippen LogP contribution in [0, 0.1) is 11.3 Å². The number of nitriles is 1. The van der Waals surface area contributed by atoms with E-state index in [1.54, 1.807) is 34.8 Å². The summed E-state index contributed by atoms with van der Waals surface area (Å²) in [7, 11) is 1.80. The lowest BCUT2D eigenvalue weighted by atomic mass is 9.89. The number of hydrogen-bond donors (Lipinski definition) is 2. The lowest BCUT2D eigenvalue weighted by Crippen LogP contribution is -2.58. The minimum absolute atomic E-state index is 0. The van der Waals surface area contributed by atoms with Crippen molar-refractivity contribution in [2.45, 2.75) is 108 Å². The first-order valence-corrected chi connectivity index (χ1v) is 21.0. The Hall–Kier alpha value is -4.17. The Morgan fingerprint density at radius 1 is 1.08 bits per heavy atom. The van der Waals surface area contributed by atoms with Crippen LogP contribution in [0.25, 0.3) is 10.9 Å². The Labute approximate surface area is 361 Å². The molecule has 4 heterocycles. The van der Waals surface area contributed by atoms with Crippen LogP contribution < -0.4 is 15.5 Å². The van der Waals surface area contributed by atoms with E-state index in [-0.39, 0.29) is 73.2 Å². The molecule has 2 aromatic carbocycles. The van der Waals surface area contributed by atoms with Crippen LogP contribution in [0.15, 0.2) is 36.4 Å². The summed E-state index contributed by atoms with van der Waals surface area (Å²) < 4.78 is 8.08. The average Bonchev–Trinajstić information content (AvgIpc) is 3.60. The van der Waals surface area contributed by atoms with Crippen LogP contribution in [0.2, 0.25) is 5.02 Å². The molecular formula is C42H53Cl2N9O5S. The number of nitrogens with one attached hydrogen (secondary N) is 2. The van der Waals surface area contributed by atoms with E-state index in [1.165, 1.54) is 0 Å². The van der Waals surface area contributed by atoms with Gasteiger partial charge < -0.3 is 19.9 Å². The van der Waals surface area contributed by atoms with Gasteiger partial charge in [0.25, 0.3) is 5.91 Å². The zero-order valence-electron chi connectivity index (χ0n) is 34.2. The summed E-state index contributed by atoms with van der Waals surface area (Å²) in [6.45, 7) is 11.7. The van der Waals surface area contributed by atoms with E-state index in [9.17, 15) is 24.4 Å². The maximum atomic E-state index is 13.6. The van der Waals surface area contributed by atoms with Crippen molar-refractivity contribution in [3.63, 3.8) is 0 Å². The smallest absolute Gasteiger partial charge is 0.258 e. The zero-order chi connectivity index (χ0) is 41.5. The SMILES string of the molecule is C[C@@H]1CN(CCCOC2CCC(N3C(=S)N(c4ccc(C#N)c(Cl)c4)C(=O)C3(C)C)CC2)C[C@H](C)N1CC(=O)Nc1cccc2c(C3CCC(=O)NC3=O)nn(C)c12.Cl. The molecule has 2 N–H and O–H groups in total. The summed E-state index contributed by atoms with van der Waals surface area (Å²) >= 11 is 12.2. The van der Waals surface area contributed by atoms with Gasteiger partial charge in [0, 0.05) is 63.2 Å². The van der Waals surface area contributed by atoms with Crippen molar-refractivity contribution >= 4 is 87.2 Å². The molecule has 1 unspecified atom stereocenters. The number of rotatable bonds is 11. The molecule has 17 heteroatoms. The number of aromatic nitrogens is 2. The number of benzene rings is 2. The Morgan fingerprint density at radius 2 is 1.80 bits per heavy atom. The number of halogens is 2. The number of piperidine rings is 1. The number of thiocarbonyl (C=S) groups is 1. The second kappa shape index (κ2) is 18.2. The van der Waals surface area contributed by atoms with Gasteiger partial charge in [-0.1, -0.05) is 23.7 Å². The Bertz CT molecular complexity index is 2150. The minimum atomic E-state index is -0.808. The maximum absolute atomic E-state index is 13.6. The fourth-order valence-corrected chi connectivity index (χ4v) is 10.2. The Morgan fingerprint density at radius 3 is 2.46 bits per heavy atom. The first-order valence-electron chi connectivity index (χ1n) is 20.2. The van der Waals surface area contributed by atoms with E-state index in [1.807, 2.05) is 32.0 Å². The summed E-state index contributed by atoms with van der Waals surface area (Å²) in [5.41, 5.74) is 2.11. The first kappa shape index (κ1) is 44.4. The van der Waals surface area contributed by atoms with E-state index in [2.05, 4.69) is 50.3 Å². The number of carbonyl (C=O) groups is 4. The highest BCUT2D eigenvalue weighted by Gasteiger charge is 2.52. The second-order valence-corrected chi connectivity index (χ2v) is 17.4. The second-order valence-electron chi connectivity index (χ2n) is 16.7. The van der Waals surface area contributed by atoms with Gasteiger partial charge in [0.05, 0.1) is 51.7 Å². The Kier molecular flexibility index (Phi) is 13.7. The van der Waals surface area contributed by atoms with Crippen LogP contribution >= 0.6 is 36.2 Å². The molecule has 4 amide bonds. The van der Waals surface area contributed by atoms with Gasteiger partial charge in [-0.3, -0.25) is 39.0 Å². The molecule has 4 fully saturated rings. The number of aryl methyl sites for hydroxylation is 1. The third-order valence-corrected chi connectivity index (χ3v) is 13.0. The van der Waals surface area contributed by atoms with Gasteiger partial charge in [-0.2, -0.15) is 10.4 Å². The third kappa shape index (κ3) is 8.99. The lowest BCUT2D eigenvalue weighted by molar-refractivity contribution is -0.134. The summed E-state index contributed by atoms with van der Waals surface area (Å²) in [6.07, 6.45) is 5.27. The van der Waals surface area contributed by atoms with E-state index in [0.717, 1.165) is 62.6 Å². The maximum Gasteiger partial charge on any atom is 0.258 e. The van der Waals surface area contributed by atoms with Gasteiger partial charge in [-0.05, 0) is 103 Å². The van der Waals surface area contributed by atoms with Crippen molar-refractivity contribution in [2.75, 3.05) is 43.0 Å². The number of imide groups is 1. The summed E-state index contributed by atoms with van der Waals surface area (Å²) in [4.78, 5) is 59.8. The van der Waals surface area contributed by atoms with E-state index in [4.69, 9.17) is 28.6 Å². The number of amides is 4. The monoisotopic (exact) mass is 865 g/mol. The highest BCUT2D eigenvalue weighted by atomic mass is 35.5. The van der Waals surface area contributed by atoms with Crippen LogP contribution in [-0.2, 0) is 31.0 Å². The van der Waals surface area contributed by atoms with Gasteiger partial charge in [-0.15, -0.1) is 12.4 Å². The molecule has 3 aromatic rings. The third-order valence-electron chi connectivity index (χ3n) is 12.3. The van der Waals surface area contributed by atoms with Gasteiger partial charge in [-0.25, -0.2) is 0 Å². The normalized spacial score (nSPS) is 25.2. The minimum Gasteiger partial charge on any atom is -0.378 e. The van der Waals surface area contributed by atoms with Crippen molar-refractivity contribution in [2.24, 2.45) is 7.05 Å². The van der Waals surface area contributed by atoms with Gasteiger partial charge in [0.15, 0.2) is 5.11 Å². The molecule has 1 aliphatic carbocycles. The molecular weight excluding hydrogens is 813 g/mol. The molecule has 1 saturated carbocycles. The van der Waals surface area contributed by atoms with Crippen LogP contribution in [0.3, 0.4) is 0 Å². The molecule has 0 radical (unpaired) electrons. The highest BCUT2D eigenvalue weighted by Crippen LogP contribution is 2.39. The predicted molar refractivity (Wildman–Crippen MR) is 233 cm³/mol. The molecule has 3 aliphatic heterocycles. The van der Waals surface area contributed by atoms with Gasteiger partial charge in [0.2, 0.25) is 17.7 Å². The first-order chi connectivity index (χ1) is 27.7. The fourth-order valence-electron chi connectivity index (χ4n) is 9.39. The number of para-hydroxylation sites is 1. The number of carbonyl (C=O) groups excluding carboxylic acids is 4. The number of ether oxygens (including phenoxy) is 1.